The maximum Gasteiger partial charge on any atom is 0.0263 e. The van der Waals surface area contributed by atoms with Gasteiger partial charge >= 0.3 is 0 Å². The molecule has 0 aromatic carbocycles. The molecular weight excluding hydrogens is 292 g/mol. The van der Waals surface area contributed by atoms with Gasteiger partial charge in [0.25, 0.3) is 0 Å². The monoisotopic (exact) mass is 306 g/mol. The summed E-state index contributed by atoms with van der Waals surface area (Å²) in [6, 6.07) is 0. The van der Waals surface area contributed by atoms with E-state index in [0.29, 0.717) is 8.65 Å². The molecule has 2 heteroatoms. The van der Waals surface area contributed by atoms with Gasteiger partial charge in [-0.1, -0.05) is 31.9 Å². The summed E-state index contributed by atoms with van der Waals surface area (Å²) in [7, 11) is 0. The first-order valence-electron chi connectivity index (χ1n) is 5.45. The van der Waals surface area contributed by atoms with E-state index in [1.54, 1.807) is 0 Å². The van der Waals surface area contributed by atoms with Crippen molar-refractivity contribution in [3.63, 3.8) is 0 Å². The second-order valence-corrected chi connectivity index (χ2v) is 8.95. The van der Waals surface area contributed by atoms with Gasteiger partial charge in [0.1, 0.15) is 0 Å². The van der Waals surface area contributed by atoms with Crippen LogP contribution in [0.2, 0.25) is 0 Å². The van der Waals surface area contributed by atoms with Crippen LogP contribution in [0.3, 0.4) is 0 Å². The van der Waals surface area contributed by atoms with Crippen LogP contribution >= 0.6 is 31.9 Å². The average molecular weight is 308 g/mol. The lowest BCUT2D eigenvalue weighted by Gasteiger charge is -2.44. The van der Waals surface area contributed by atoms with Gasteiger partial charge in [-0.25, -0.2) is 0 Å². The second kappa shape index (κ2) is 2.75. The molecule has 4 fully saturated rings. The SMILES string of the molecule is BrC12CCC3(Br)CC(CC(C1)C3)C2. The Kier molecular flexibility index (Phi) is 1.95. The Balaban J connectivity index is 1.98. The van der Waals surface area contributed by atoms with Crippen molar-refractivity contribution >= 4 is 31.9 Å². The Morgan fingerprint density at radius 1 is 0.769 bits per heavy atom. The molecule has 0 amide bonds. The summed E-state index contributed by atoms with van der Waals surface area (Å²) in [4.78, 5) is 0. The summed E-state index contributed by atoms with van der Waals surface area (Å²) in [6.07, 6.45) is 10.1. The minimum Gasteiger partial charge on any atom is -0.0853 e. The molecule has 13 heavy (non-hydrogen) atoms. The van der Waals surface area contributed by atoms with Crippen LogP contribution in [0.25, 0.3) is 0 Å². The van der Waals surface area contributed by atoms with Crippen LogP contribution in [0.15, 0.2) is 0 Å². The van der Waals surface area contributed by atoms with Crippen LogP contribution in [0.5, 0.6) is 0 Å². The average Bonchev–Trinajstić information content (AvgIpc) is 2.11. The zero-order valence-electron chi connectivity index (χ0n) is 7.86. The van der Waals surface area contributed by atoms with Crippen molar-refractivity contribution in [3.05, 3.63) is 0 Å². The highest BCUT2D eigenvalue weighted by Crippen LogP contribution is 2.60. The van der Waals surface area contributed by atoms with E-state index in [4.69, 9.17) is 0 Å². The quantitative estimate of drug-likeness (QED) is 0.587. The zero-order valence-corrected chi connectivity index (χ0v) is 11.0. The van der Waals surface area contributed by atoms with E-state index in [1.165, 1.54) is 44.9 Å². The van der Waals surface area contributed by atoms with E-state index in [1.807, 2.05) is 0 Å². The largest absolute Gasteiger partial charge is 0.0853 e. The number of hydrogen-bond donors (Lipinski definition) is 0. The molecule has 0 atom stereocenters. The fourth-order valence-electron chi connectivity index (χ4n) is 4.04. The van der Waals surface area contributed by atoms with Crippen LogP contribution in [0.4, 0.5) is 0 Å². The van der Waals surface area contributed by atoms with Crippen molar-refractivity contribution in [2.45, 2.75) is 53.6 Å². The Morgan fingerprint density at radius 2 is 1.15 bits per heavy atom. The third-order valence-electron chi connectivity index (χ3n) is 4.31. The summed E-state index contributed by atoms with van der Waals surface area (Å²) in [5.74, 6) is 2.02. The highest BCUT2D eigenvalue weighted by Gasteiger charge is 2.51. The minimum absolute atomic E-state index is 0.534. The van der Waals surface area contributed by atoms with Crippen LogP contribution in [-0.2, 0) is 0 Å². The lowest BCUT2D eigenvalue weighted by Crippen LogP contribution is -2.38. The Morgan fingerprint density at radius 3 is 1.54 bits per heavy atom. The van der Waals surface area contributed by atoms with Gasteiger partial charge in [0, 0.05) is 8.65 Å². The molecule has 0 heterocycles. The molecule has 4 bridgehead atoms. The first-order valence-corrected chi connectivity index (χ1v) is 7.03. The molecule has 4 aliphatic carbocycles. The molecule has 0 saturated heterocycles. The van der Waals surface area contributed by atoms with Crippen molar-refractivity contribution in [3.8, 4) is 0 Å². The highest BCUT2D eigenvalue weighted by atomic mass is 79.9. The smallest absolute Gasteiger partial charge is 0.0263 e. The van der Waals surface area contributed by atoms with Crippen LogP contribution in [0, 0.1) is 11.8 Å². The van der Waals surface area contributed by atoms with E-state index in [9.17, 15) is 0 Å². The first kappa shape index (κ1) is 9.21. The van der Waals surface area contributed by atoms with Crippen LogP contribution in [0.1, 0.15) is 44.9 Å². The van der Waals surface area contributed by atoms with Crippen molar-refractivity contribution in [2.24, 2.45) is 11.8 Å². The standard InChI is InChI=1S/C11H16Br2/c12-10-1-2-11(13)6-8(4-10)3-9(5-10)7-11/h8-9H,1-7H2. The molecule has 4 rings (SSSR count). The third-order valence-corrected chi connectivity index (χ3v) is 6.39. The summed E-state index contributed by atoms with van der Waals surface area (Å²) in [6.45, 7) is 0. The van der Waals surface area contributed by atoms with Crippen LogP contribution in [-0.4, -0.2) is 8.65 Å². The fourth-order valence-corrected chi connectivity index (χ4v) is 6.27. The molecule has 0 nitrogen and oxygen atoms in total. The molecule has 74 valence electrons. The number of fused-ring (bicyclic) bond motifs is 1. The number of halogens is 2. The summed E-state index contributed by atoms with van der Waals surface area (Å²) in [5.41, 5.74) is 0. The Labute approximate surface area is 97.1 Å². The van der Waals surface area contributed by atoms with Crippen molar-refractivity contribution in [1.29, 1.82) is 0 Å². The van der Waals surface area contributed by atoms with Gasteiger partial charge in [-0.15, -0.1) is 0 Å². The number of rotatable bonds is 0. The topological polar surface area (TPSA) is 0 Å². The predicted molar refractivity (Wildman–Crippen MR) is 62.6 cm³/mol. The van der Waals surface area contributed by atoms with E-state index in [0.717, 1.165) is 11.8 Å². The Bertz CT molecular complexity index is 200. The third kappa shape index (κ3) is 1.52. The zero-order chi connectivity index (χ0) is 9.10. The first-order chi connectivity index (χ1) is 6.07. The van der Waals surface area contributed by atoms with Gasteiger partial charge in [0.05, 0.1) is 0 Å². The van der Waals surface area contributed by atoms with E-state index in [-0.39, 0.29) is 0 Å². The van der Waals surface area contributed by atoms with Crippen molar-refractivity contribution in [2.75, 3.05) is 0 Å². The van der Waals surface area contributed by atoms with Crippen molar-refractivity contribution in [1.82, 2.24) is 0 Å². The second-order valence-electron chi connectivity index (χ2n) is 5.59. The summed E-state index contributed by atoms with van der Waals surface area (Å²) in [5, 5.41) is 0. The van der Waals surface area contributed by atoms with E-state index >= 15 is 0 Å². The van der Waals surface area contributed by atoms with Gasteiger partial charge < -0.3 is 0 Å². The molecule has 0 aliphatic heterocycles. The van der Waals surface area contributed by atoms with Gasteiger partial charge in [-0.05, 0) is 56.8 Å². The molecule has 0 unspecified atom stereocenters. The maximum atomic E-state index is 4.01. The van der Waals surface area contributed by atoms with Gasteiger partial charge in [0.2, 0.25) is 0 Å². The summed E-state index contributed by atoms with van der Waals surface area (Å²) >= 11 is 8.01. The number of hydrogen-bond acceptors (Lipinski definition) is 0. The molecule has 0 aromatic rings. The summed E-state index contributed by atoms with van der Waals surface area (Å²) < 4.78 is 1.07. The van der Waals surface area contributed by atoms with Gasteiger partial charge in [-0.3, -0.25) is 0 Å². The lowest BCUT2D eigenvalue weighted by molar-refractivity contribution is 0.164. The minimum atomic E-state index is 0.534. The van der Waals surface area contributed by atoms with Gasteiger partial charge in [0.15, 0.2) is 0 Å². The molecular formula is C11H16Br2. The molecule has 0 N–H and O–H groups in total. The normalized spacial score (nSPS) is 59.5. The van der Waals surface area contributed by atoms with E-state index in [2.05, 4.69) is 31.9 Å². The molecule has 0 radical (unpaired) electrons. The Hall–Kier alpha value is 0.960. The highest BCUT2D eigenvalue weighted by molar-refractivity contribution is 9.10. The predicted octanol–water partition coefficient (Wildman–Crippen LogP) is 4.26. The maximum absolute atomic E-state index is 4.01. The molecule has 0 spiro atoms. The van der Waals surface area contributed by atoms with Crippen molar-refractivity contribution < 1.29 is 0 Å². The molecule has 0 aromatic heterocycles. The molecule has 4 aliphatic rings. The fraction of sp³-hybridized carbons (Fsp3) is 1.00. The number of alkyl halides is 2. The lowest BCUT2D eigenvalue weighted by atomic mass is 9.67. The van der Waals surface area contributed by atoms with Gasteiger partial charge in [-0.2, -0.15) is 0 Å². The van der Waals surface area contributed by atoms with E-state index < -0.39 is 0 Å². The molecule has 4 saturated carbocycles. The van der Waals surface area contributed by atoms with Crippen LogP contribution < -0.4 is 0 Å².